The molecule has 3 aromatic rings. The normalized spacial score (nSPS) is 15.8. The van der Waals surface area contributed by atoms with E-state index < -0.39 is 0 Å². The molecular weight excluding hydrogens is 378 g/mol. The molecule has 0 saturated heterocycles. The van der Waals surface area contributed by atoms with Gasteiger partial charge in [0.2, 0.25) is 5.75 Å². The quantitative estimate of drug-likeness (QED) is 0.647. The number of aromatic nitrogens is 3. The summed E-state index contributed by atoms with van der Waals surface area (Å²) in [5, 5.41) is 4.84. The second-order valence-electron chi connectivity index (χ2n) is 6.16. The van der Waals surface area contributed by atoms with Crippen molar-refractivity contribution in [1.82, 2.24) is 14.8 Å². The van der Waals surface area contributed by atoms with E-state index in [1.165, 1.54) is 16.4 Å². The Morgan fingerprint density at radius 2 is 1.71 bits per heavy atom. The number of hydrogen-bond donors (Lipinski definition) is 0. The van der Waals surface area contributed by atoms with Gasteiger partial charge in [0.15, 0.2) is 22.5 Å². The van der Waals surface area contributed by atoms with Gasteiger partial charge in [-0.15, -0.1) is 5.10 Å². The average Bonchev–Trinajstić information content (AvgIpc) is 3.18. The third kappa shape index (κ3) is 3.20. The molecule has 7 nitrogen and oxygen atoms in total. The highest BCUT2D eigenvalue weighted by Crippen LogP contribution is 2.46. The van der Waals surface area contributed by atoms with Crippen LogP contribution in [0.25, 0.3) is 11.4 Å². The van der Waals surface area contributed by atoms with Crippen molar-refractivity contribution in [3.63, 3.8) is 0 Å². The van der Waals surface area contributed by atoms with Gasteiger partial charge in [0, 0.05) is 17.2 Å². The van der Waals surface area contributed by atoms with Crippen LogP contribution in [0.3, 0.4) is 0 Å². The first-order valence-electron chi connectivity index (χ1n) is 8.66. The lowest BCUT2D eigenvalue weighted by molar-refractivity contribution is 0.0868. The van der Waals surface area contributed by atoms with E-state index in [1.807, 2.05) is 42.5 Å². The summed E-state index contributed by atoms with van der Waals surface area (Å²) in [7, 11) is 4.71. The topological polar surface area (TPSA) is 75.5 Å². The second-order valence-corrected chi connectivity index (χ2v) is 7.33. The molecule has 144 valence electrons. The van der Waals surface area contributed by atoms with Crippen molar-refractivity contribution in [1.29, 1.82) is 0 Å². The molecular formula is C20H19N3O4S. The number of carbonyl (C=O) groups is 1. The fraction of sp³-hybridized carbons (Fsp3) is 0.250. The van der Waals surface area contributed by atoms with Gasteiger partial charge in [0.05, 0.1) is 21.3 Å². The maximum absolute atomic E-state index is 12.7. The molecule has 0 radical (unpaired) electrons. The van der Waals surface area contributed by atoms with Gasteiger partial charge in [0.25, 0.3) is 5.91 Å². The minimum absolute atomic E-state index is 0.0952. The molecule has 1 aliphatic rings. The van der Waals surface area contributed by atoms with Gasteiger partial charge < -0.3 is 14.2 Å². The molecule has 0 unspecified atom stereocenters. The number of nitrogens with zero attached hydrogens (tertiary/aromatic N) is 3. The van der Waals surface area contributed by atoms with Crippen LogP contribution in [0.5, 0.6) is 17.2 Å². The van der Waals surface area contributed by atoms with Crippen molar-refractivity contribution in [3.8, 4) is 28.6 Å². The first kappa shape index (κ1) is 18.4. The summed E-state index contributed by atoms with van der Waals surface area (Å²) in [6, 6.07) is 13.4. The summed E-state index contributed by atoms with van der Waals surface area (Å²) in [4.78, 5) is 17.3. The van der Waals surface area contributed by atoms with E-state index >= 15 is 0 Å². The molecule has 0 bridgehead atoms. The summed E-state index contributed by atoms with van der Waals surface area (Å²) in [6.45, 7) is 0. The van der Waals surface area contributed by atoms with Crippen molar-refractivity contribution < 1.29 is 19.0 Å². The van der Waals surface area contributed by atoms with E-state index in [-0.39, 0.29) is 11.2 Å². The Morgan fingerprint density at radius 3 is 2.32 bits per heavy atom. The Hall–Kier alpha value is -3.00. The van der Waals surface area contributed by atoms with Gasteiger partial charge in [0.1, 0.15) is 0 Å². The first-order chi connectivity index (χ1) is 13.6. The maximum atomic E-state index is 12.7. The Bertz CT molecular complexity index is 995. The smallest absolute Gasteiger partial charge is 0.250 e. The fourth-order valence-electron chi connectivity index (χ4n) is 3.13. The highest BCUT2D eigenvalue weighted by Gasteiger charge is 2.31. The molecule has 0 N–H and O–H groups in total. The van der Waals surface area contributed by atoms with Crippen molar-refractivity contribution in [2.45, 2.75) is 16.8 Å². The van der Waals surface area contributed by atoms with Crippen LogP contribution in [0.4, 0.5) is 0 Å². The van der Waals surface area contributed by atoms with Crippen LogP contribution in [0.15, 0.2) is 47.6 Å². The number of thioether (sulfide) groups is 1. The van der Waals surface area contributed by atoms with E-state index in [9.17, 15) is 4.79 Å². The van der Waals surface area contributed by atoms with E-state index in [1.54, 1.807) is 21.3 Å². The van der Waals surface area contributed by atoms with Crippen LogP contribution in [0, 0.1) is 0 Å². The molecule has 0 fully saturated rings. The van der Waals surface area contributed by atoms with E-state index in [0.29, 0.717) is 34.7 Å². The summed E-state index contributed by atoms with van der Waals surface area (Å²) < 4.78 is 17.6. The molecule has 28 heavy (non-hydrogen) atoms. The zero-order chi connectivity index (χ0) is 19.7. The number of benzene rings is 2. The molecule has 0 amide bonds. The highest BCUT2D eigenvalue weighted by atomic mass is 32.2. The number of carbonyl (C=O) groups excluding carboxylic acids is 1. The Labute approximate surface area is 166 Å². The van der Waals surface area contributed by atoms with Crippen molar-refractivity contribution in [3.05, 3.63) is 48.0 Å². The minimum Gasteiger partial charge on any atom is -0.493 e. The molecule has 0 saturated carbocycles. The number of methoxy groups -OCH3 is 3. The van der Waals surface area contributed by atoms with E-state index in [4.69, 9.17) is 14.2 Å². The molecule has 0 aliphatic carbocycles. The fourth-order valence-corrected chi connectivity index (χ4v) is 4.27. The van der Waals surface area contributed by atoms with Gasteiger partial charge in [-0.2, -0.15) is 4.68 Å². The standard InChI is InChI=1S/C20H19N3O4S/c1-25-14-9-13(10-15(26-2)18(14)27-3)16-11-17(24)23-20(28-16)21-19(22-23)12-7-5-4-6-8-12/h4-10,16H,11H2,1-3H3/t16-/m0/s1. The number of rotatable bonds is 5. The predicted octanol–water partition coefficient (Wildman–Crippen LogP) is 3.85. The van der Waals surface area contributed by atoms with Gasteiger partial charge in [-0.25, -0.2) is 4.98 Å². The monoisotopic (exact) mass is 397 g/mol. The minimum atomic E-state index is -0.124. The van der Waals surface area contributed by atoms with Crippen LogP contribution in [-0.4, -0.2) is 42.0 Å². The Morgan fingerprint density at radius 1 is 1.04 bits per heavy atom. The maximum Gasteiger partial charge on any atom is 0.250 e. The molecule has 1 atom stereocenters. The van der Waals surface area contributed by atoms with Crippen molar-refractivity contribution in [2.24, 2.45) is 0 Å². The van der Waals surface area contributed by atoms with Gasteiger partial charge >= 0.3 is 0 Å². The molecule has 1 aromatic heterocycles. The number of ether oxygens (including phenoxy) is 3. The predicted molar refractivity (Wildman–Crippen MR) is 105 cm³/mol. The average molecular weight is 397 g/mol. The lowest BCUT2D eigenvalue weighted by atomic mass is 10.1. The van der Waals surface area contributed by atoms with Gasteiger partial charge in [-0.1, -0.05) is 42.1 Å². The lowest BCUT2D eigenvalue weighted by Crippen LogP contribution is -2.21. The molecule has 2 aromatic carbocycles. The second kappa shape index (κ2) is 7.55. The van der Waals surface area contributed by atoms with Gasteiger partial charge in [-0.05, 0) is 17.7 Å². The zero-order valence-electron chi connectivity index (χ0n) is 15.7. The van der Waals surface area contributed by atoms with Crippen LogP contribution in [-0.2, 0) is 0 Å². The largest absolute Gasteiger partial charge is 0.493 e. The third-order valence-electron chi connectivity index (χ3n) is 4.51. The van der Waals surface area contributed by atoms with Crippen molar-refractivity contribution in [2.75, 3.05) is 21.3 Å². The van der Waals surface area contributed by atoms with Crippen LogP contribution in [0.1, 0.15) is 22.0 Å². The van der Waals surface area contributed by atoms with E-state index in [0.717, 1.165) is 11.1 Å². The molecule has 4 rings (SSSR count). The van der Waals surface area contributed by atoms with Crippen molar-refractivity contribution >= 4 is 17.7 Å². The molecule has 1 aliphatic heterocycles. The van der Waals surface area contributed by atoms with Gasteiger partial charge in [-0.3, -0.25) is 4.79 Å². The van der Waals surface area contributed by atoms with E-state index in [2.05, 4.69) is 10.1 Å². The van der Waals surface area contributed by atoms with Crippen LogP contribution >= 0.6 is 11.8 Å². The highest BCUT2D eigenvalue weighted by molar-refractivity contribution is 7.99. The number of hydrogen-bond acceptors (Lipinski definition) is 7. The lowest BCUT2D eigenvalue weighted by Gasteiger charge is -2.22. The van der Waals surface area contributed by atoms with Crippen LogP contribution < -0.4 is 14.2 Å². The third-order valence-corrected chi connectivity index (χ3v) is 5.71. The summed E-state index contributed by atoms with van der Waals surface area (Å²) in [6.07, 6.45) is 0.299. The summed E-state index contributed by atoms with van der Waals surface area (Å²) in [5.74, 6) is 2.09. The molecule has 2 heterocycles. The summed E-state index contributed by atoms with van der Waals surface area (Å²) in [5.41, 5.74) is 1.78. The Kier molecular flexibility index (Phi) is 4.95. The molecule has 8 heteroatoms. The zero-order valence-corrected chi connectivity index (χ0v) is 16.5. The van der Waals surface area contributed by atoms with Crippen LogP contribution in [0.2, 0.25) is 0 Å². The number of fused-ring (bicyclic) bond motifs is 1. The first-order valence-corrected chi connectivity index (χ1v) is 9.54. The summed E-state index contributed by atoms with van der Waals surface area (Å²) >= 11 is 1.50. The SMILES string of the molecule is COc1cc([C@@H]2CC(=O)n3nc(-c4ccccc4)nc3S2)cc(OC)c1OC. The Balaban J connectivity index is 1.70. The molecule has 0 spiro atoms.